The van der Waals surface area contributed by atoms with Crippen molar-refractivity contribution in [1.29, 1.82) is 0 Å². The van der Waals surface area contributed by atoms with Crippen molar-refractivity contribution in [3.05, 3.63) is 95.6 Å². The first-order valence-electron chi connectivity index (χ1n) is 11.4. The van der Waals surface area contributed by atoms with Gasteiger partial charge in [-0.15, -0.1) is 13.2 Å². The predicted octanol–water partition coefficient (Wildman–Crippen LogP) is 4.32. The van der Waals surface area contributed by atoms with E-state index in [4.69, 9.17) is 0 Å². The maximum absolute atomic E-state index is 13.9. The Labute approximate surface area is 209 Å². The summed E-state index contributed by atoms with van der Waals surface area (Å²) >= 11 is 0. The lowest BCUT2D eigenvalue weighted by molar-refractivity contribution is -0.274. The molecule has 0 aromatic heterocycles. The van der Waals surface area contributed by atoms with Crippen LogP contribution in [-0.2, 0) is 19.9 Å². The summed E-state index contributed by atoms with van der Waals surface area (Å²) in [5, 5.41) is 13.5. The molecule has 4 unspecified atom stereocenters. The molecule has 3 aromatic rings. The molecule has 2 saturated heterocycles. The van der Waals surface area contributed by atoms with Crippen LogP contribution in [0, 0.1) is 18.8 Å². The molecule has 3 aromatic carbocycles. The largest absolute Gasteiger partial charge is 0.573 e. The van der Waals surface area contributed by atoms with E-state index >= 15 is 0 Å². The van der Waals surface area contributed by atoms with E-state index in [1.807, 2.05) is 0 Å². The highest BCUT2D eigenvalue weighted by Gasteiger charge is 2.69. The molecule has 2 amide bonds. The van der Waals surface area contributed by atoms with Gasteiger partial charge < -0.3 is 9.84 Å². The topological polar surface area (TPSA) is 95.9 Å². The first-order chi connectivity index (χ1) is 17.5. The van der Waals surface area contributed by atoms with Crippen LogP contribution in [0.5, 0.6) is 5.75 Å². The Hall–Kier alpha value is -4.18. The van der Waals surface area contributed by atoms with E-state index in [0.717, 1.165) is 17.0 Å². The molecule has 0 saturated carbocycles. The van der Waals surface area contributed by atoms with Gasteiger partial charge in [0, 0.05) is 6.04 Å². The maximum Gasteiger partial charge on any atom is 0.573 e. The third-order valence-corrected chi connectivity index (χ3v) is 6.93. The van der Waals surface area contributed by atoms with Gasteiger partial charge >= 0.3 is 12.3 Å². The number of benzene rings is 3. The quantitative estimate of drug-likeness (QED) is 0.497. The molecular formula is C27H21F3N2O5. The van der Waals surface area contributed by atoms with Crippen molar-refractivity contribution in [2.24, 2.45) is 11.8 Å². The zero-order valence-corrected chi connectivity index (χ0v) is 19.4. The third kappa shape index (κ3) is 3.93. The van der Waals surface area contributed by atoms with Crippen LogP contribution in [-0.4, -0.2) is 29.3 Å². The number of anilines is 1. The van der Waals surface area contributed by atoms with E-state index in [9.17, 15) is 32.7 Å². The molecule has 2 aliphatic heterocycles. The fourth-order valence-electron chi connectivity index (χ4n) is 5.44. The number of alkyl halides is 3. The standard InChI is InChI=1S/C27H21F3N2O5/c1-15-8-5-6-13-19(15)32-23(33)20-21(24(32)34)26(25(35)36,17-10-3-2-4-11-17)31-22(20)16-9-7-12-18(14-16)37-27(28,29)30/h2-14,20-22,31H,1H3,(H,35,36). The number of carbonyl (C=O) groups is 3. The second-order valence-electron chi connectivity index (χ2n) is 9.02. The average molecular weight is 510 g/mol. The van der Waals surface area contributed by atoms with Crippen LogP contribution in [0.25, 0.3) is 0 Å². The summed E-state index contributed by atoms with van der Waals surface area (Å²) in [5.74, 6) is -5.81. The Kier molecular flexibility index (Phi) is 5.79. The summed E-state index contributed by atoms with van der Waals surface area (Å²) in [5.41, 5.74) is -0.622. The van der Waals surface area contributed by atoms with Crippen molar-refractivity contribution in [3.8, 4) is 5.75 Å². The van der Waals surface area contributed by atoms with Gasteiger partial charge in [0.25, 0.3) is 0 Å². The van der Waals surface area contributed by atoms with Gasteiger partial charge in [-0.05, 0) is 41.8 Å². The number of carboxylic acids is 1. The van der Waals surface area contributed by atoms with Gasteiger partial charge in [-0.3, -0.25) is 14.9 Å². The summed E-state index contributed by atoms with van der Waals surface area (Å²) in [4.78, 5) is 41.7. The smallest absolute Gasteiger partial charge is 0.480 e. The number of nitrogens with one attached hydrogen (secondary N) is 1. The molecule has 2 aliphatic rings. The number of hydrogen-bond acceptors (Lipinski definition) is 5. The average Bonchev–Trinajstić information content (AvgIpc) is 3.34. The van der Waals surface area contributed by atoms with Gasteiger partial charge in [0.2, 0.25) is 11.8 Å². The van der Waals surface area contributed by atoms with Crippen LogP contribution < -0.4 is 15.0 Å². The fraction of sp³-hybridized carbons (Fsp3) is 0.222. The molecular weight excluding hydrogens is 489 g/mol. The number of fused-ring (bicyclic) bond motifs is 1. The van der Waals surface area contributed by atoms with Crippen LogP contribution >= 0.6 is 0 Å². The van der Waals surface area contributed by atoms with Gasteiger partial charge in [0.15, 0.2) is 5.54 Å². The second-order valence-corrected chi connectivity index (χ2v) is 9.02. The molecule has 37 heavy (non-hydrogen) atoms. The highest BCUT2D eigenvalue weighted by molar-refractivity contribution is 6.24. The normalized spacial score (nSPS) is 25.3. The summed E-state index contributed by atoms with van der Waals surface area (Å²) in [6.07, 6.45) is -4.94. The number of amides is 2. The van der Waals surface area contributed by atoms with Crippen molar-refractivity contribution >= 4 is 23.5 Å². The van der Waals surface area contributed by atoms with Gasteiger partial charge in [-0.2, -0.15) is 0 Å². The highest BCUT2D eigenvalue weighted by Crippen LogP contribution is 2.54. The van der Waals surface area contributed by atoms with Gasteiger partial charge in [0.1, 0.15) is 5.75 Å². The van der Waals surface area contributed by atoms with Gasteiger partial charge in [-0.25, -0.2) is 9.69 Å². The minimum atomic E-state index is -4.94. The lowest BCUT2D eigenvalue weighted by Crippen LogP contribution is -2.53. The Bertz CT molecular complexity index is 1390. The Balaban J connectivity index is 1.69. The Morgan fingerprint density at radius 2 is 1.65 bits per heavy atom. The Morgan fingerprint density at radius 1 is 0.973 bits per heavy atom. The van der Waals surface area contributed by atoms with Crippen LogP contribution in [0.15, 0.2) is 78.9 Å². The Morgan fingerprint density at radius 3 is 2.30 bits per heavy atom. The molecule has 0 spiro atoms. The number of carboxylic acid groups (broad SMARTS) is 1. The third-order valence-electron chi connectivity index (χ3n) is 6.93. The van der Waals surface area contributed by atoms with Crippen LogP contribution in [0.1, 0.15) is 22.7 Å². The van der Waals surface area contributed by atoms with Crippen molar-refractivity contribution in [1.82, 2.24) is 5.32 Å². The maximum atomic E-state index is 13.9. The van der Waals surface area contributed by atoms with E-state index in [0.29, 0.717) is 11.3 Å². The number of aliphatic carboxylic acids is 1. The first kappa shape index (κ1) is 24.5. The second kappa shape index (κ2) is 8.74. The number of rotatable bonds is 5. The van der Waals surface area contributed by atoms with E-state index < -0.39 is 53.3 Å². The van der Waals surface area contributed by atoms with Gasteiger partial charge in [0.05, 0.1) is 17.5 Å². The fourth-order valence-corrected chi connectivity index (χ4v) is 5.44. The number of para-hydroxylation sites is 1. The van der Waals surface area contributed by atoms with E-state index in [1.54, 1.807) is 49.4 Å². The lowest BCUT2D eigenvalue weighted by atomic mass is 9.75. The molecule has 2 heterocycles. The predicted molar refractivity (Wildman–Crippen MR) is 125 cm³/mol. The summed E-state index contributed by atoms with van der Waals surface area (Å²) < 4.78 is 42.7. The lowest BCUT2D eigenvalue weighted by Gasteiger charge is -2.32. The van der Waals surface area contributed by atoms with Crippen LogP contribution in [0.3, 0.4) is 0 Å². The molecule has 7 nitrogen and oxygen atoms in total. The van der Waals surface area contributed by atoms with Crippen molar-refractivity contribution in [2.45, 2.75) is 24.9 Å². The number of imide groups is 1. The monoisotopic (exact) mass is 510 g/mol. The minimum Gasteiger partial charge on any atom is -0.480 e. The van der Waals surface area contributed by atoms with Gasteiger partial charge in [-0.1, -0.05) is 60.7 Å². The SMILES string of the molecule is Cc1ccccc1N1C(=O)C2C(c3cccc(OC(F)(F)F)c3)NC(C(=O)O)(c3ccccc3)C2C1=O. The van der Waals surface area contributed by atoms with E-state index in [-0.39, 0.29) is 11.1 Å². The molecule has 0 radical (unpaired) electrons. The number of hydrogen-bond donors (Lipinski definition) is 2. The summed E-state index contributed by atoms with van der Waals surface area (Å²) in [7, 11) is 0. The molecule has 4 atom stereocenters. The van der Waals surface area contributed by atoms with Crippen LogP contribution in [0.2, 0.25) is 0 Å². The molecule has 10 heteroatoms. The summed E-state index contributed by atoms with van der Waals surface area (Å²) in [6, 6.07) is 18.6. The van der Waals surface area contributed by atoms with Crippen molar-refractivity contribution < 1.29 is 37.4 Å². The molecule has 5 rings (SSSR count). The summed E-state index contributed by atoms with van der Waals surface area (Å²) in [6.45, 7) is 1.72. The highest BCUT2D eigenvalue weighted by atomic mass is 19.4. The minimum absolute atomic E-state index is 0.184. The molecule has 0 aliphatic carbocycles. The zero-order chi connectivity index (χ0) is 26.5. The van der Waals surface area contributed by atoms with Crippen molar-refractivity contribution in [2.75, 3.05) is 4.90 Å². The van der Waals surface area contributed by atoms with Crippen molar-refractivity contribution in [3.63, 3.8) is 0 Å². The number of aryl methyl sites for hydroxylation is 1. The molecule has 190 valence electrons. The number of carbonyl (C=O) groups excluding carboxylic acids is 2. The van der Waals surface area contributed by atoms with E-state index in [1.165, 1.54) is 24.3 Å². The molecule has 0 bridgehead atoms. The molecule has 2 fully saturated rings. The zero-order valence-electron chi connectivity index (χ0n) is 19.4. The first-order valence-corrected chi connectivity index (χ1v) is 11.4. The molecule has 2 N–H and O–H groups in total. The number of halogens is 3. The number of nitrogens with zero attached hydrogens (tertiary/aromatic N) is 1. The van der Waals surface area contributed by atoms with E-state index in [2.05, 4.69) is 10.1 Å². The number of ether oxygens (including phenoxy) is 1. The van der Waals surface area contributed by atoms with Crippen LogP contribution in [0.4, 0.5) is 18.9 Å².